The number of fused-ring (bicyclic) bond motifs is 1. The van der Waals surface area contributed by atoms with Crippen molar-refractivity contribution in [1.29, 1.82) is 0 Å². The van der Waals surface area contributed by atoms with Gasteiger partial charge in [0, 0.05) is 36.1 Å². The van der Waals surface area contributed by atoms with E-state index >= 15 is 0 Å². The van der Waals surface area contributed by atoms with Crippen molar-refractivity contribution in [3.8, 4) is 11.1 Å². The molecule has 0 N–H and O–H groups in total. The van der Waals surface area contributed by atoms with Gasteiger partial charge >= 0.3 is 0 Å². The van der Waals surface area contributed by atoms with E-state index in [-0.39, 0.29) is 10.5 Å². The normalized spacial score (nSPS) is 17.2. The Morgan fingerprint density at radius 1 is 0.843 bits per heavy atom. The van der Waals surface area contributed by atoms with Gasteiger partial charge in [-0.15, -0.1) is 0 Å². The smallest absolute Gasteiger partial charge is 0.261 e. The summed E-state index contributed by atoms with van der Waals surface area (Å²) in [7, 11) is 1.69. The summed E-state index contributed by atoms with van der Waals surface area (Å²) < 4.78 is 13.6. The van der Waals surface area contributed by atoms with Crippen LogP contribution in [0.15, 0.2) is 108 Å². The third-order valence-corrected chi connectivity index (χ3v) is 16.8. The van der Waals surface area contributed by atoms with Gasteiger partial charge in [-0.1, -0.05) is 129 Å². The van der Waals surface area contributed by atoms with Crippen LogP contribution in [-0.4, -0.2) is 63.6 Å². The number of aryl methyl sites for hydroxylation is 1. The summed E-state index contributed by atoms with van der Waals surface area (Å²) >= 11 is 0. The van der Waals surface area contributed by atoms with Crippen LogP contribution < -0.4 is 10.4 Å². The van der Waals surface area contributed by atoms with Gasteiger partial charge in [-0.05, 0) is 104 Å². The minimum absolute atomic E-state index is 0.00621. The van der Waals surface area contributed by atoms with E-state index in [9.17, 15) is 0 Å². The minimum atomic E-state index is -2.54. The second kappa shape index (κ2) is 15.2. The van der Waals surface area contributed by atoms with Gasteiger partial charge < -0.3 is 18.7 Å². The molecule has 2 fully saturated rings. The molecule has 5 nitrogen and oxygen atoms in total. The fourth-order valence-electron chi connectivity index (χ4n) is 8.95. The van der Waals surface area contributed by atoms with Gasteiger partial charge in [0.2, 0.25) is 0 Å². The van der Waals surface area contributed by atoms with Crippen molar-refractivity contribution >= 4 is 29.7 Å². The molecular weight excluding hydrogens is 643 g/mol. The average molecular weight is 700 g/mol. The zero-order chi connectivity index (χ0) is 35.5. The maximum absolute atomic E-state index is 7.51. The molecule has 7 rings (SSSR count). The second-order valence-electron chi connectivity index (χ2n) is 16.8. The van der Waals surface area contributed by atoms with E-state index in [0.29, 0.717) is 0 Å². The van der Waals surface area contributed by atoms with Gasteiger partial charge in [-0.2, -0.15) is 0 Å². The van der Waals surface area contributed by atoms with Crippen molar-refractivity contribution in [2.75, 3.05) is 40.3 Å². The van der Waals surface area contributed by atoms with E-state index in [1.54, 1.807) is 0 Å². The van der Waals surface area contributed by atoms with E-state index in [0.717, 1.165) is 43.3 Å². The molecule has 1 aliphatic heterocycles. The van der Waals surface area contributed by atoms with Crippen molar-refractivity contribution in [3.63, 3.8) is 0 Å². The van der Waals surface area contributed by atoms with Crippen LogP contribution in [0.2, 0.25) is 5.04 Å². The van der Waals surface area contributed by atoms with Crippen molar-refractivity contribution in [3.05, 3.63) is 114 Å². The van der Waals surface area contributed by atoms with Gasteiger partial charge in [0.1, 0.15) is 0 Å². The average Bonchev–Trinajstić information content (AvgIpc) is 3.54. The summed E-state index contributed by atoms with van der Waals surface area (Å²) in [5.74, 6) is 0.725. The third-order valence-electron chi connectivity index (χ3n) is 11.9. The molecular formula is C45H57N3O2Si. The predicted octanol–water partition coefficient (Wildman–Crippen LogP) is 8.95. The Labute approximate surface area is 307 Å². The standard InChI is InChI=1S/C45H57N3O2Si/c1-44(2,3)51(37-18-11-7-12-19-37,38-20-13-8-14-21-38)49-34-45(28-15-29-45)33-48-30-26-35(27-31-48)22-25-42-40-24-23-39(36-16-9-6-10-17-36)41(32-47(4)5)43(40)50-46-42/h6-14,16-21,23-24,35H,15,22,25-34H2,1-5H3. The molecule has 0 amide bonds. The van der Waals surface area contributed by atoms with Crippen LogP contribution in [0, 0.1) is 11.3 Å². The highest BCUT2D eigenvalue weighted by Crippen LogP contribution is 2.45. The van der Waals surface area contributed by atoms with E-state index in [2.05, 4.69) is 153 Å². The quantitative estimate of drug-likeness (QED) is 0.115. The highest BCUT2D eigenvalue weighted by atomic mass is 28.4. The summed E-state index contributed by atoms with van der Waals surface area (Å²) in [5.41, 5.74) is 5.98. The topological polar surface area (TPSA) is 41.7 Å². The number of nitrogens with zero attached hydrogens (tertiary/aromatic N) is 3. The highest BCUT2D eigenvalue weighted by Gasteiger charge is 2.52. The van der Waals surface area contributed by atoms with Crippen molar-refractivity contribution in [2.24, 2.45) is 11.3 Å². The van der Waals surface area contributed by atoms with Crippen molar-refractivity contribution in [1.82, 2.24) is 15.0 Å². The summed E-state index contributed by atoms with van der Waals surface area (Å²) in [6.45, 7) is 12.4. The molecule has 0 atom stereocenters. The molecule has 51 heavy (non-hydrogen) atoms. The minimum Gasteiger partial charge on any atom is -0.407 e. The first kappa shape index (κ1) is 35.8. The highest BCUT2D eigenvalue weighted by molar-refractivity contribution is 6.99. The van der Waals surface area contributed by atoms with Gasteiger partial charge in [0.05, 0.1) is 5.69 Å². The SMILES string of the molecule is CN(C)Cc1c(-c2ccccc2)ccc2c(CCC3CCN(CC4(CO[Si](c5ccccc5)(c5ccccc5)C(C)(C)C)CCC4)CC3)noc12. The number of benzene rings is 4. The first-order chi connectivity index (χ1) is 24.7. The third kappa shape index (κ3) is 7.52. The number of hydrogen-bond acceptors (Lipinski definition) is 5. The summed E-state index contributed by atoms with van der Waals surface area (Å²) in [4.78, 5) is 4.97. The van der Waals surface area contributed by atoms with Gasteiger partial charge in [0.25, 0.3) is 8.32 Å². The van der Waals surface area contributed by atoms with Crippen LogP contribution >= 0.6 is 0 Å². The fourth-order valence-corrected chi connectivity index (χ4v) is 13.6. The maximum atomic E-state index is 7.51. The lowest BCUT2D eigenvalue weighted by molar-refractivity contribution is 0.00405. The van der Waals surface area contributed by atoms with Crippen molar-refractivity contribution < 1.29 is 8.95 Å². The molecule has 0 spiro atoms. The van der Waals surface area contributed by atoms with Crippen LogP contribution in [0.4, 0.5) is 0 Å². The predicted molar refractivity (Wildman–Crippen MR) is 214 cm³/mol. The Hall–Kier alpha value is -3.55. The number of aromatic nitrogens is 1. The molecule has 2 heterocycles. The van der Waals surface area contributed by atoms with E-state index in [1.165, 1.54) is 84.1 Å². The van der Waals surface area contributed by atoms with Crippen LogP contribution in [0.5, 0.6) is 0 Å². The van der Waals surface area contributed by atoms with E-state index < -0.39 is 8.32 Å². The molecule has 0 unspecified atom stereocenters. The maximum Gasteiger partial charge on any atom is 0.261 e. The Bertz CT molecular complexity index is 1810. The van der Waals surface area contributed by atoms with E-state index in [4.69, 9.17) is 8.95 Å². The molecule has 1 saturated carbocycles. The van der Waals surface area contributed by atoms with Crippen molar-refractivity contribution in [2.45, 2.75) is 77.3 Å². The molecule has 6 heteroatoms. The molecule has 1 saturated heterocycles. The molecule has 0 radical (unpaired) electrons. The van der Waals surface area contributed by atoms with Gasteiger partial charge in [0.15, 0.2) is 5.58 Å². The molecule has 4 aromatic carbocycles. The Morgan fingerprint density at radius 2 is 1.45 bits per heavy atom. The first-order valence-electron chi connectivity index (χ1n) is 19.3. The molecule has 1 aliphatic carbocycles. The Kier molecular flexibility index (Phi) is 10.7. The lowest BCUT2D eigenvalue weighted by Gasteiger charge is -2.50. The van der Waals surface area contributed by atoms with Crippen LogP contribution in [0.3, 0.4) is 0 Å². The molecule has 268 valence electrons. The lowest BCUT2D eigenvalue weighted by atomic mass is 9.69. The largest absolute Gasteiger partial charge is 0.407 e. The zero-order valence-electron chi connectivity index (χ0n) is 31.5. The Balaban J connectivity index is 0.995. The van der Waals surface area contributed by atoms with Crippen LogP contribution in [0.25, 0.3) is 22.1 Å². The molecule has 1 aromatic heterocycles. The van der Waals surface area contributed by atoms with Crippen LogP contribution in [-0.2, 0) is 17.4 Å². The fraction of sp³-hybridized carbons (Fsp3) is 0.444. The summed E-state index contributed by atoms with van der Waals surface area (Å²) in [6, 6.07) is 37.4. The number of hydrogen-bond donors (Lipinski definition) is 0. The summed E-state index contributed by atoms with van der Waals surface area (Å²) in [5, 5.41) is 8.59. The van der Waals surface area contributed by atoms with E-state index in [1.807, 2.05) is 0 Å². The molecule has 2 aliphatic rings. The lowest BCUT2D eigenvalue weighted by Crippen LogP contribution is -2.67. The molecule has 0 bridgehead atoms. The monoisotopic (exact) mass is 699 g/mol. The van der Waals surface area contributed by atoms with Gasteiger partial charge in [-0.25, -0.2) is 0 Å². The second-order valence-corrected chi connectivity index (χ2v) is 21.1. The molecule has 5 aromatic rings. The number of piperidine rings is 1. The Morgan fingerprint density at radius 3 is 2.00 bits per heavy atom. The summed E-state index contributed by atoms with van der Waals surface area (Å²) in [6.07, 6.45) is 8.51. The van der Waals surface area contributed by atoms with Gasteiger partial charge in [-0.3, -0.25) is 0 Å². The number of likely N-dealkylation sites (tertiary alicyclic amines) is 1. The number of rotatable bonds is 13. The zero-order valence-corrected chi connectivity index (χ0v) is 32.5. The van der Waals surface area contributed by atoms with Crippen LogP contribution in [0.1, 0.15) is 70.6 Å². The first-order valence-corrected chi connectivity index (χ1v) is 21.2.